The SMILES string of the molecule is CCC1CCCN1C(=O)C1CC1. The summed E-state index contributed by atoms with van der Waals surface area (Å²) in [5.74, 6) is 0.858. The molecule has 1 aliphatic carbocycles. The molecule has 0 spiro atoms. The summed E-state index contributed by atoms with van der Waals surface area (Å²) in [5, 5.41) is 0. The number of carbonyl (C=O) groups is 1. The molecule has 12 heavy (non-hydrogen) atoms. The fourth-order valence-corrected chi connectivity index (χ4v) is 2.12. The lowest BCUT2D eigenvalue weighted by Gasteiger charge is -2.23. The lowest BCUT2D eigenvalue weighted by Crippen LogP contribution is -2.36. The normalized spacial score (nSPS) is 29.4. The highest BCUT2D eigenvalue weighted by molar-refractivity contribution is 5.81. The zero-order valence-electron chi connectivity index (χ0n) is 7.75. The van der Waals surface area contributed by atoms with Crippen molar-refractivity contribution in [2.75, 3.05) is 6.54 Å². The zero-order chi connectivity index (χ0) is 8.55. The van der Waals surface area contributed by atoms with Gasteiger partial charge in [0.25, 0.3) is 0 Å². The van der Waals surface area contributed by atoms with Gasteiger partial charge in [-0.2, -0.15) is 0 Å². The number of carbonyl (C=O) groups excluding carboxylic acids is 1. The molecule has 0 aromatic rings. The summed E-state index contributed by atoms with van der Waals surface area (Å²) in [6.07, 6.45) is 5.88. The maximum atomic E-state index is 11.7. The lowest BCUT2D eigenvalue weighted by atomic mass is 10.1. The Kier molecular flexibility index (Phi) is 2.07. The van der Waals surface area contributed by atoms with Crippen molar-refractivity contribution in [2.45, 2.75) is 45.1 Å². The van der Waals surface area contributed by atoms with Crippen LogP contribution >= 0.6 is 0 Å². The van der Waals surface area contributed by atoms with Crippen LogP contribution < -0.4 is 0 Å². The van der Waals surface area contributed by atoms with Crippen LogP contribution in [0.2, 0.25) is 0 Å². The van der Waals surface area contributed by atoms with Crippen molar-refractivity contribution < 1.29 is 4.79 Å². The first-order chi connectivity index (χ1) is 5.83. The lowest BCUT2D eigenvalue weighted by molar-refractivity contribution is -0.133. The Morgan fingerprint density at radius 3 is 2.75 bits per heavy atom. The van der Waals surface area contributed by atoms with Gasteiger partial charge in [-0.3, -0.25) is 4.79 Å². The molecule has 68 valence electrons. The van der Waals surface area contributed by atoms with Crippen molar-refractivity contribution >= 4 is 5.91 Å². The molecule has 1 unspecified atom stereocenters. The molecule has 2 fully saturated rings. The minimum absolute atomic E-state index is 0.414. The van der Waals surface area contributed by atoms with E-state index in [0.717, 1.165) is 25.8 Å². The van der Waals surface area contributed by atoms with Gasteiger partial charge in [-0.05, 0) is 32.1 Å². The molecule has 1 atom stereocenters. The smallest absolute Gasteiger partial charge is 0.225 e. The minimum atomic E-state index is 0.414. The van der Waals surface area contributed by atoms with Crippen molar-refractivity contribution in [2.24, 2.45) is 5.92 Å². The predicted octanol–water partition coefficient (Wildman–Crippen LogP) is 1.80. The first-order valence-electron chi connectivity index (χ1n) is 5.13. The second-order valence-corrected chi connectivity index (χ2v) is 4.01. The quantitative estimate of drug-likeness (QED) is 0.614. The summed E-state index contributed by atoms with van der Waals surface area (Å²) in [6, 6.07) is 0.568. The Labute approximate surface area is 73.9 Å². The molecule has 0 N–H and O–H groups in total. The molecule has 1 saturated heterocycles. The summed E-state index contributed by atoms with van der Waals surface area (Å²) >= 11 is 0. The van der Waals surface area contributed by atoms with E-state index in [-0.39, 0.29) is 0 Å². The molecule has 1 saturated carbocycles. The third kappa shape index (κ3) is 1.35. The van der Waals surface area contributed by atoms with Crippen molar-refractivity contribution in [1.29, 1.82) is 0 Å². The van der Waals surface area contributed by atoms with Crippen molar-refractivity contribution in [3.05, 3.63) is 0 Å². The molecule has 0 aromatic carbocycles. The van der Waals surface area contributed by atoms with Gasteiger partial charge in [0.1, 0.15) is 0 Å². The van der Waals surface area contributed by atoms with Gasteiger partial charge in [-0.1, -0.05) is 6.92 Å². The molecule has 0 aromatic heterocycles. The molecule has 2 nitrogen and oxygen atoms in total. The minimum Gasteiger partial charge on any atom is -0.339 e. The average Bonchev–Trinajstić information content (AvgIpc) is 2.82. The van der Waals surface area contributed by atoms with E-state index in [4.69, 9.17) is 0 Å². The largest absolute Gasteiger partial charge is 0.339 e. The Hall–Kier alpha value is -0.530. The van der Waals surface area contributed by atoms with E-state index in [1.54, 1.807) is 0 Å². The number of amides is 1. The maximum absolute atomic E-state index is 11.7. The maximum Gasteiger partial charge on any atom is 0.225 e. The van der Waals surface area contributed by atoms with E-state index >= 15 is 0 Å². The van der Waals surface area contributed by atoms with E-state index in [9.17, 15) is 4.79 Å². The Morgan fingerprint density at radius 1 is 1.42 bits per heavy atom. The van der Waals surface area contributed by atoms with Gasteiger partial charge < -0.3 is 4.90 Å². The molecular formula is C10H17NO. The monoisotopic (exact) mass is 167 g/mol. The van der Waals surface area contributed by atoms with Gasteiger partial charge in [-0.25, -0.2) is 0 Å². The predicted molar refractivity (Wildman–Crippen MR) is 47.8 cm³/mol. The summed E-state index contributed by atoms with van der Waals surface area (Å²) in [7, 11) is 0. The van der Waals surface area contributed by atoms with Crippen LogP contribution in [0.3, 0.4) is 0 Å². The van der Waals surface area contributed by atoms with E-state index < -0.39 is 0 Å². The first kappa shape index (κ1) is 8.09. The van der Waals surface area contributed by atoms with Crippen molar-refractivity contribution in [3.63, 3.8) is 0 Å². The fraction of sp³-hybridized carbons (Fsp3) is 0.900. The van der Waals surface area contributed by atoms with Crippen molar-refractivity contribution in [1.82, 2.24) is 4.90 Å². The molecular weight excluding hydrogens is 150 g/mol. The molecule has 2 aliphatic rings. The highest BCUT2D eigenvalue weighted by Gasteiger charge is 2.37. The molecule has 0 bridgehead atoms. The standard InChI is InChI=1S/C10H17NO/c1-2-9-4-3-7-11(9)10(12)8-5-6-8/h8-9H,2-7H2,1H3. The Morgan fingerprint density at radius 2 is 2.17 bits per heavy atom. The van der Waals surface area contributed by atoms with E-state index in [1.807, 2.05) is 0 Å². The highest BCUT2D eigenvalue weighted by atomic mass is 16.2. The van der Waals surface area contributed by atoms with E-state index in [2.05, 4.69) is 11.8 Å². The average molecular weight is 167 g/mol. The van der Waals surface area contributed by atoms with Gasteiger partial charge in [-0.15, -0.1) is 0 Å². The molecule has 0 radical (unpaired) electrons. The third-order valence-corrected chi connectivity index (χ3v) is 3.06. The van der Waals surface area contributed by atoms with Crippen LogP contribution in [-0.4, -0.2) is 23.4 Å². The third-order valence-electron chi connectivity index (χ3n) is 3.06. The van der Waals surface area contributed by atoms with Gasteiger partial charge in [0.15, 0.2) is 0 Å². The van der Waals surface area contributed by atoms with Crippen LogP contribution in [0.5, 0.6) is 0 Å². The summed E-state index contributed by atoms with van der Waals surface area (Å²) < 4.78 is 0. The molecule has 2 rings (SSSR count). The fourth-order valence-electron chi connectivity index (χ4n) is 2.12. The number of hydrogen-bond acceptors (Lipinski definition) is 1. The summed E-state index contributed by atoms with van der Waals surface area (Å²) in [6.45, 7) is 3.21. The van der Waals surface area contributed by atoms with Crippen LogP contribution in [0.15, 0.2) is 0 Å². The van der Waals surface area contributed by atoms with Crippen LogP contribution in [-0.2, 0) is 4.79 Å². The zero-order valence-corrected chi connectivity index (χ0v) is 7.75. The molecule has 1 heterocycles. The van der Waals surface area contributed by atoms with Crippen LogP contribution in [0.25, 0.3) is 0 Å². The molecule has 1 amide bonds. The summed E-state index contributed by atoms with van der Waals surface area (Å²) in [4.78, 5) is 13.8. The van der Waals surface area contributed by atoms with Crippen LogP contribution in [0.4, 0.5) is 0 Å². The van der Waals surface area contributed by atoms with Gasteiger partial charge >= 0.3 is 0 Å². The van der Waals surface area contributed by atoms with Gasteiger partial charge in [0, 0.05) is 18.5 Å². The Bertz CT molecular complexity index is 186. The number of rotatable bonds is 2. The van der Waals surface area contributed by atoms with Crippen LogP contribution in [0.1, 0.15) is 39.0 Å². The number of nitrogens with zero attached hydrogens (tertiary/aromatic N) is 1. The highest BCUT2D eigenvalue weighted by Crippen LogP contribution is 2.34. The summed E-state index contributed by atoms with van der Waals surface area (Å²) in [5.41, 5.74) is 0. The number of hydrogen-bond donors (Lipinski definition) is 0. The molecule has 1 aliphatic heterocycles. The second-order valence-electron chi connectivity index (χ2n) is 4.01. The first-order valence-corrected chi connectivity index (χ1v) is 5.13. The van der Waals surface area contributed by atoms with Gasteiger partial charge in [0.05, 0.1) is 0 Å². The van der Waals surface area contributed by atoms with Crippen LogP contribution in [0, 0.1) is 5.92 Å². The molecule has 2 heteroatoms. The van der Waals surface area contributed by atoms with E-state index in [1.165, 1.54) is 12.8 Å². The van der Waals surface area contributed by atoms with Crippen molar-refractivity contribution in [3.8, 4) is 0 Å². The van der Waals surface area contributed by atoms with E-state index in [0.29, 0.717) is 17.9 Å². The second kappa shape index (κ2) is 3.08. The topological polar surface area (TPSA) is 20.3 Å². The Balaban J connectivity index is 1.96. The number of likely N-dealkylation sites (tertiary alicyclic amines) is 1. The van der Waals surface area contributed by atoms with Gasteiger partial charge in [0.2, 0.25) is 5.91 Å².